The Bertz CT molecular complexity index is 627. The largest absolute Gasteiger partial charge is 0.397 e. The summed E-state index contributed by atoms with van der Waals surface area (Å²) in [5.74, 6) is -2.87. The Hall–Kier alpha value is -2.50. The maximum atomic E-state index is 13.5. The van der Waals surface area contributed by atoms with E-state index in [0.717, 1.165) is 11.8 Å². The zero-order valence-electron chi connectivity index (χ0n) is 10.1. The van der Waals surface area contributed by atoms with Crippen LogP contribution in [0.4, 0.5) is 20.2 Å². The van der Waals surface area contributed by atoms with E-state index in [9.17, 15) is 13.6 Å². The van der Waals surface area contributed by atoms with Crippen LogP contribution < -0.4 is 11.1 Å². The average molecular weight is 263 g/mol. The number of anilines is 2. The number of nitrogens with one attached hydrogen (secondary N) is 1. The van der Waals surface area contributed by atoms with Gasteiger partial charge in [0, 0.05) is 11.9 Å². The molecule has 1 aromatic heterocycles. The van der Waals surface area contributed by atoms with Crippen LogP contribution in [-0.2, 0) is 0 Å². The zero-order valence-corrected chi connectivity index (χ0v) is 10.1. The summed E-state index contributed by atoms with van der Waals surface area (Å²) in [5, 5.41) is 2.24. The number of nitrogens with two attached hydrogens (primary N) is 1. The van der Waals surface area contributed by atoms with E-state index in [4.69, 9.17) is 5.73 Å². The predicted octanol–water partition coefficient (Wildman–Crippen LogP) is 2.50. The number of amides is 1. The number of nitrogens with zero attached hydrogens (tertiary/aromatic N) is 1. The lowest BCUT2D eigenvalue weighted by atomic mass is 10.2. The molecule has 1 aromatic carbocycles. The number of carbonyl (C=O) groups excluding carboxylic acids is 1. The molecular weight excluding hydrogens is 252 g/mol. The summed E-state index contributed by atoms with van der Waals surface area (Å²) in [7, 11) is 0. The van der Waals surface area contributed by atoms with E-state index >= 15 is 0 Å². The Morgan fingerprint density at radius 2 is 2.00 bits per heavy atom. The molecule has 0 radical (unpaired) electrons. The van der Waals surface area contributed by atoms with Gasteiger partial charge in [-0.3, -0.25) is 9.78 Å². The summed E-state index contributed by atoms with van der Waals surface area (Å²) >= 11 is 0. The molecule has 6 heteroatoms. The summed E-state index contributed by atoms with van der Waals surface area (Å²) < 4.78 is 26.6. The Labute approximate surface area is 108 Å². The first kappa shape index (κ1) is 12.9. The van der Waals surface area contributed by atoms with E-state index in [-0.39, 0.29) is 16.9 Å². The molecule has 1 heterocycles. The van der Waals surface area contributed by atoms with Crippen molar-refractivity contribution in [2.75, 3.05) is 11.1 Å². The van der Waals surface area contributed by atoms with Gasteiger partial charge in [0.1, 0.15) is 5.69 Å². The van der Waals surface area contributed by atoms with E-state index in [1.54, 1.807) is 13.0 Å². The molecule has 2 rings (SSSR count). The first-order valence-electron chi connectivity index (χ1n) is 5.46. The third-order valence-electron chi connectivity index (χ3n) is 2.54. The molecule has 0 spiro atoms. The number of pyridine rings is 1. The monoisotopic (exact) mass is 263 g/mol. The second kappa shape index (κ2) is 5.01. The topological polar surface area (TPSA) is 68.0 Å². The number of rotatable bonds is 2. The molecule has 0 unspecified atom stereocenters. The highest BCUT2D eigenvalue weighted by Gasteiger charge is 2.15. The lowest BCUT2D eigenvalue weighted by Gasteiger charge is -2.09. The van der Waals surface area contributed by atoms with E-state index in [0.29, 0.717) is 0 Å². The minimum Gasteiger partial charge on any atom is -0.397 e. The molecule has 4 nitrogen and oxygen atoms in total. The van der Waals surface area contributed by atoms with Crippen molar-refractivity contribution in [2.24, 2.45) is 0 Å². The lowest BCUT2D eigenvalue weighted by molar-refractivity contribution is 0.102. The molecule has 2 aromatic rings. The number of halogens is 2. The highest BCUT2D eigenvalue weighted by Crippen LogP contribution is 2.25. The van der Waals surface area contributed by atoms with E-state index in [1.165, 1.54) is 18.3 Å². The van der Waals surface area contributed by atoms with Gasteiger partial charge in [-0.15, -0.1) is 0 Å². The van der Waals surface area contributed by atoms with Crippen LogP contribution in [0.3, 0.4) is 0 Å². The highest BCUT2D eigenvalue weighted by molar-refractivity contribution is 6.05. The second-order valence-corrected chi connectivity index (χ2v) is 3.97. The molecule has 0 bridgehead atoms. The smallest absolute Gasteiger partial charge is 0.257 e. The first-order chi connectivity index (χ1) is 8.99. The quantitative estimate of drug-likeness (QED) is 0.818. The highest BCUT2D eigenvalue weighted by atomic mass is 19.2. The Morgan fingerprint density at radius 1 is 1.26 bits per heavy atom. The van der Waals surface area contributed by atoms with Crippen LogP contribution in [0.15, 0.2) is 30.5 Å². The molecule has 3 N–H and O–H groups in total. The van der Waals surface area contributed by atoms with Crippen LogP contribution in [0.5, 0.6) is 0 Å². The number of benzene rings is 1. The molecule has 98 valence electrons. The van der Waals surface area contributed by atoms with Crippen molar-refractivity contribution in [3.05, 3.63) is 53.4 Å². The molecule has 19 heavy (non-hydrogen) atoms. The minimum atomic E-state index is -1.19. The van der Waals surface area contributed by atoms with Gasteiger partial charge in [0.15, 0.2) is 11.6 Å². The molecule has 0 aliphatic carbocycles. The van der Waals surface area contributed by atoms with Crippen LogP contribution in [0.1, 0.15) is 16.1 Å². The fourth-order valence-corrected chi connectivity index (χ4v) is 1.48. The fourth-order valence-electron chi connectivity index (χ4n) is 1.48. The number of aryl methyl sites for hydroxylation is 1. The minimum absolute atomic E-state index is 0.0488. The third kappa shape index (κ3) is 2.67. The van der Waals surface area contributed by atoms with Gasteiger partial charge < -0.3 is 11.1 Å². The number of carbonyl (C=O) groups is 1. The third-order valence-corrected chi connectivity index (χ3v) is 2.54. The van der Waals surface area contributed by atoms with Crippen molar-refractivity contribution in [3.63, 3.8) is 0 Å². The predicted molar refractivity (Wildman–Crippen MR) is 67.7 cm³/mol. The number of hydrogen-bond acceptors (Lipinski definition) is 3. The fraction of sp³-hybridized carbons (Fsp3) is 0.0769. The molecule has 0 saturated carbocycles. The van der Waals surface area contributed by atoms with Crippen molar-refractivity contribution in [1.82, 2.24) is 4.98 Å². The number of aromatic nitrogens is 1. The zero-order chi connectivity index (χ0) is 14.0. The Morgan fingerprint density at radius 3 is 2.63 bits per heavy atom. The molecule has 0 aliphatic heterocycles. The van der Waals surface area contributed by atoms with Crippen molar-refractivity contribution >= 4 is 17.3 Å². The van der Waals surface area contributed by atoms with Gasteiger partial charge in [0.2, 0.25) is 0 Å². The summed E-state index contributed by atoms with van der Waals surface area (Å²) in [6, 6.07) is 5.25. The van der Waals surface area contributed by atoms with Crippen molar-refractivity contribution < 1.29 is 13.6 Å². The van der Waals surface area contributed by atoms with E-state index < -0.39 is 17.5 Å². The first-order valence-corrected chi connectivity index (χ1v) is 5.46. The van der Waals surface area contributed by atoms with Gasteiger partial charge in [-0.1, -0.05) is 0 Å². The van der Waals surface area contributed by atoms with Gasteiger partial charge in [-0.25, -0.2) is 8.78 Å². The summed E-state index contributed by atoms with van der Waals surface area (Å²) in [6.45, 7) is 1.77. The van der Waals surface area contributed by atoms with Crippen LogP contribution in [0.25, 0.3) is 0 Å². The SMILES string of the molecule is Cc1ccc(C(=O)Nc2c(N)ccc(F)c2F)cn1. The maximum absolute atomic E-state index is 13.5. The van der Waals surface area contributed by atoms with Crippen LogP contribution in [0, 0.1) is 18.6 Å². The summed E-state index contributed by atoms with van der Waals surface area (Å²) in [6.07, 6.45) is 1.35. The maximum Gasteiger partial charge on any atom is 0.257 e. The van der Waals surface area contributed by atoms with Gasteiger partial charge in [-0.2, -0.15) is 0 Å². The molecule has 1 amide bonds. The van der Waals surface area contributed by atoms with Crippen LogP contribution in [-0.4, -0.2) is 10.9 Å². The average Bonchev–Trinajstić information content (AvgIpc) is 2.40. The van der Waals surface area contributed by atoms with Gasteiger partial charge in [0.25, 0.3) is 5.91 Å². The van der Waals surface area contributed by atoms with Gasteiger partial charge in [0.05, 0.1) is 11.3 Å². The Balaban J connectivity index is 2.29. The molecule has 0 atom stereocenters. The summed E-state index contributed by atoms with van der Waals surface area (Å²) in [4.78, 5) is 15.8. The standard InChI is InChI=1S/C13H11F2N3O/c1-7-2-3-8(6-17-7)13(19)18-12-10(16)5-4-9(14)11(12)15/h2-6H,16H2,1H3,(H,18,19). The van der Waals surface area contributed by atoms with Crippen LogP contribution >= 0.6 is 0 Å². The normalized spacial score (nSPS) is 10.3. The van der Waals surface area contributed by atoms with Gasteiger partial charge in [-0.05, 0) is 31.2 Å². The molecule has 0 saturated heterocycles. The summed E-state index contributed by atoms with van der Waals surface area (Å²) in [5.41, 5.74) is 6.06. The van der Waals surface area contributed by atoms with Crippen molar-refractivity contribution in [3.8, 4) is 0 Å². The lowest BCUT2D eigenvalue weighted by Crippen LogP contribution is -2.15. The van der Waals surface area contributed by atoms with E-state index in [1.807, 2.05) is 0 Å². The molecule has 0 aliphatic rings. The van der Waals surface area contributed by atoms with Crippen molar-refractivity contribution in [1.29, 1.82) is 0 Å². The second-order valence-electron chi connectivity index (χ2n) is 3.97. The molecular formula is C13H11F2N3O. The van der Waals surface area contributed by atoms with Crippen molar-refractivity contribution in [2.45, 2.75) is 6.92 Å². The van der Waals surface area contributed by atoms with Gasteiger partial charge >= 0.3 is 0 Å². The van der Waals surface area contributed by atoms with Crippen LogP contribution in [0.2, 0.25) is 0 Å². The number of hydrogen-bond donors (Lipinski definition) is 2. The molecule has 0 fully saturated rings. The Kier molecular flexibility index (Phi) is 3.41. The number of nitrogen functional groups attached to an aromatic ring is 1. The van der Waals surface area contributed by atoms with E-state index in [2.05, 4.69) is 10.3 Å².